The van der Waals surface area contributed by atoms with E-state index in [0.29, 0.717) is 17.5 Å². The number of hydrogen-bond donors (Lipinski definition) is 0. The molecule has 15 rings (SSSR count). The van der Waals surface area contributed by atoms with Gasteiger partial charge in [0.15, 0.2) is 17.5 Å². The number of benzene rings is 10. The highest BCUT2D eigenvalue weighted by Gasteiger charge is 2.36. The molecule has 14 aromatic rings. The Balaban J connectivity index is 0.900. The van der Waals surface area contributed by atoms with Gasteiger partial charge in [0.2, 0.25) is 0 Å². The van der Waals surface area contributed by atoms with Crippen molar-refractivity contribution in [2.75, 3.05) is 0 Å². The second-order valence-electron chi connectivity index (χ2n) is 19.5. The van der Waals surface area contributed by atoms with Crippen LogP contribution in [0.15, 0.2) is 227 Å². The quantitative estimate of drug-likeness (QED) is 0.166. The molecule has 0 fully saturated rings. The summed E-state index contributed by atoms with van der Waals surface area (Å²) in [5.74, 6) is 1.68. The highest BCUT2D eigenvalue weighted by molar-refractivity contribution is 6.15. The molecule has 4 aromatic heterocycles. The average Bonchev–Trinajstić information content (AvgIpc) is 4.16. The highest BCUT2D eigenvalue weighted by Crippen LogP contribution is 2.51. The van der Waals surface area contributed by atoms with Crippen LogP contribution in [0.5, 0.6) is 0 Å². The van der Waals surface area contributed by atoms with Gasteiger partial charge in [-0.3, -0.25) is 0 Å². The summed E-state index contributed by atoms with van der Waals surface area (Å²) in [6, 6.07) is 77.3. The summed E-state index contributed by atoms with van der Waals surface area (Å²) < 4.78 is 15.4. The average molecular weight is 923 g/mol. The fraction of sp³-hybridized carbons (Fsp3) is 0.0455. The van der Waals surface area contributed by atoms with Gasteiger partial charge < -0.3 is 13.4 Å². The molecule has 6 heteroatoms. The number of hydrogen-bond acceptors (Lipinski definition) is 5. The molecule has 0 amide bonds. The van der Waals surface area contributed by atoms with E-state index in [-0.39, 0.29) is 5.41 Å². The molecule has 0 atom stereocenters. The van der Waals surface area contributed by atoms with E-state index in [1.807, 2.05) is 42.5 Å². The molecule has 4 heterocycles. The van der Waals surface area contributed by atoms with Gasteiger partial charge in [0.25, 0.3) is 0 Å². The van der Waals surface area contributed by atoms with Crippen molar-refractivity contribution >= 4 is 65.7 Å². The SMILES string of the molecule is CC1(C)c2ccccc2-c2cc3c(cc21)c1cc(-c2ccc4oc5cccc(-c6nc(-c7ccc(-c8ccccc8)cc7)nc(-c7ccc8c(c7)oc7ccccc78)n6)c5c4c2)ccc1n3-c1ccccc1. The first-order valence-electron chi connectivity index (χ1n) is 24.5. The lowest BCUT2D eigenvalue weighted by Crippen LogP contribution is -2.14. The van der Waals surface area contributed by atoms with Gasteiger partial charge in [-0.2, -0.15) is 0 Å². The lowest BCUT2D eigenvalue weighted by atomic mass is 9.82. The molecule has 10 aromatic carbocycles. The van der Waals surface area contributed by atoms with E-state index in [2.05, 4.69) is 194 Å². The van der Waals surface area contributed by atoms with E-state index in [0.717, 1.165) is 88.5 Å². The molecule has 0 bridgehead atoms. The molecule has 0 saturated heterocycles. The summed E-state index contributed by atoms with van der Waals surface area (Å²) in [5, 5.41) is 6.50. The van der Waals surface area contributed by atoms with Crippen molar-refractivity contribution in [3.63, 3.8) is 0 Å². The molecule has 1 aliphatic rings. The number of aromatic nitrogens is 4. The van der Waals surface area contributed by atoms with Crippen LogP contribution in [-0.2, 0) is 5.41 Å². The second-order valence-corrected chi connectivity index (χ2v) is 19.5. The van der Waals surface area contributed by atoms with Crippen LogP contribution in [0.25, 0.3) is 139 Å². The lowest BCUT2D eigenvalue weighted by molar-refractivity contribution is 0.661. The van der Waals surface area contributed by atoms with Gasteiger partial charge in [-0.15, -0.1) is 0 Å². The van der Waals surface area contributed by atoms with E-state index in [1.54, 1.807) is 0 Å². The summed E-state index contributed by atoms with van der Waals surface area (Å²) in [6.07, 6.45) is 0. The zero-order valence-corrected chi connectivity index (χ0v) is 39.4. The van der Waals surface area contributed by atoms with Crippen molar-refractivity contribution in [3.8, 4) is 73.2 Å². The number of para-hydroxylation sites is 2. The molecule has 338 valence electrons. The largest absolute Gasteiger partial charge is 0.456 e. The monoisotopic (exact) mass is 922 g/mol. The lowest BCUT2D eigenvalue weighted by Gasteiger charge is -2.21. The van der Waals surface area contributed by atoms with Gasteiger partial charge in [0.1, 0.15) is 22.3 Å². The molecule has 0 unspecified atom stereocenters. The van der Waals surface area contributed by atoms with Crippen LogP contribution in [0, 0.1) is 0 Å². The van der Waals surface area contributed by atoms with Crippen LogP contribution in [0.4, 0.5) is 0 Å². The molecule has 0 saturated carbocycles. The Morgan fingerprint density at radius 2 is 0.917 bits per heavy atom. The van der Waals surface area contributed by atoms with Crippen LogP contribution in [0.3, 0.4) is 0 Å². The molecular weight excluding hydrogens is 881 g/mol. The maximum atomic E-state index is 6.65. The van der Waals surface area contributed by atoms with E-state index in [4.69, 9.17) is 23.8 Å². The summed E-state index contributed by atoms with van der Waals surface area (Å²) in [6.45, 7) is 4.71. The van der Waals surface area contributed by atoms with Gasteiger partial charge in [0.05, 0.1) is 11.0 Å². The Hall–Kier alpha value is -9.39. The van der Waals surface area contributed by atoms with Crippen molar-refractivity contribution in [2.24, 2.45) is 0 Å². The fourth-order valence-electron chi connectivity index (χ4n) is 11.5. The van der Waals surface area contributed by atoms with Crippen LogP contribution in [0.1, 0.15) is 25.0 Å². The third-order valence-electron chi connectivity index (χ3n) is 15.1. The zero-order chi connectivity index (χ0) is 47.7. The Morgan fingerprint density at radius 1 is 0.333 bits per heavy atom. The van der Waals surface area contributed by atoms with E-state index >= 15 is 0 Å². The van der Waals surface area contributed by atoms with Crippen molar-refractivity contribution in [2.45, 2.75) is 19.3 Å². The topological polar surface area (TPSA) is 69.9 Å². The Morgan fingerprint density at radius 3 is 1.76 bits per heavy atom. The maximum Gasteiger partial charge on any atom is 0.164 e. The Kier molecular flexibility index (Phi) is 8.61. The van der Waals surface area contributed by atoms with Crippen molar-refractivity contribution < 1.29 is 8.83 Å². The maximum absolute atomic E-state index is 6.65. The standard InChI is InChI=1S/C66H42N4O2/c1-66(2)54-21-11-9-18-46(54)50-38-57-52(37-55(50)66)51-34-42(29-32-56(51)70(57)45-16-7-4-8-17-45)43-30-33-59-53(35-43)62-49(20-13-23-60(62)71-59)65-68-63(41-26-24-40(25-27-41)39-14-5-3-6-15-39)67-64(69-65)44-28-31-48-47-19-10-12-22-58(47)72-61(48)36-44/h3-38H,1-2H3. The van der Waals surface area contributed by atoms with Crippen molar-refractivity contribution in [1.82, 2.24) is 19.5 Å². The molecule has 0 spiro atoms. The van der Waals surface area contributed by atoms with Crippen LogP contribution in [0.2, 0.25) is 0 Å². The molecular formula is C66H42N4O2. The van der Waals surface area contributed by atoms with Crippen molar-refractivity contribution in [1.29, 1.82) is 0 Å². The van der Waals surface area contributed by atoms with E-state index in [9.17, 15) is 0 Å². The Bertz CT molecular complexity index is 4520. The molecule has 0 radical (unpaired) electrons. The van der Waals surface area contributed by atoms with Gasteiger partial charge in [-0.05, 0) is 117 Å². The van der Waals surface area contributed by atoms with Crippen molar-refractivity contribution in [3.05, 3.63) is 230 Å². The van der Waals surface area contributed by atoms with E-state index < -0.39 is 0 Å². The second kappa shape index (κ2) is 15.3. The number of rotatable bonds is 6. The first kappa shape index (κ1) is 40.5. The van der Waals surface area contributed by atoms with Gasteiger partial charge >= 0.3 is 0 Å². The summed E-state index contributed by atoms with van der Waals surface area (Å²) >= 11 is 0. The van der Waals surface area contributed by atoms with E-state index in [1.165, 1.54) is 44.1 Å². The summed E-state index contributed by atoms with van der Waals surface area (Å²) in [4.78, 5) is 15.7. The highest BCUT2D eigenvalue weighted by atomic mass is 16.3. The molecule has 72 heavy (non-hydrogen) atoms. The van der Waals surface area contributed by atoms with Crippen LogP contribution < -0.4 is 0 Å². The molecule has 0 aliphatic heterocycles. The first-order valence-corrected chi connectivity index (χ1v) is 24.5. The molecule has 1 aliphatic carbocycles. The normalized spacial score (nSPS) is 13.0. The van der Waals surface area contributed by atoms with Gasteiger partial charge in [-0.1, -0.05) is 159 Å². The predicted molar refractivity (Wildman–Crippen MR) is 293 cm³/mol. The fourth-order valence-corrected chi connectivity index (χ4v) is 11.5. The molecule has 6 nitrogen and oxygen atoms in total. The minimum absolute atomic E-state index is 0.126. The van der Waals surface area contributed by atoms with Gasteiger partial charge in [-0.25, -0.2) is 15.0 Å². The summed E-state index contributed by atoms with van der Waals surface area (Å²) in [7, 11) is 0. The predicted octanol–water partition coefficient (Wildman–Crippen LogP) is 17.4. The third-order valence-corrected chi connectivity index (χ3v) is 15.1. The minimum Gasteiger partial charge on any atom is -0.456 e. The zero-order valence-electron chi connectivity index (χ0n) is 39.4. The number of furan rings is 2. The van der Waals surface area contributed by atoms with Gasteiger partial charge in [0, 0.05) is 60.1 Å². The number of fused-ring (bicyclic) bond motifs is 12. The Labute approximate surface area is 414 Å². The summed E-state index contributed by atoms with van der Waals surface area (Å²) in [5.41, 5.74) is 19.0. The smallest absolute Gasteiger partial charge is 0.164 e. The van der Waals surface area contributed by atoms with Crippen LogP contribution in [-0.4, -0.2) is 19.5 Å². The molecule has 0 N–H and O–H groups in total. The minimum atomic E-state index is -0.126. The number of nitrogens with zero attached hydrogens (tertiary/aromatic N) is 4. The van der Waals surface area contributed by atoms with Crippen LogP contribution >= 0.6 is 0 Å². The first-order chi connectivity index (χ1) is 35.4. The third kappa shape index (κ3) is 6.12.